The third kappa shape index (κ3) is 5.11. The van der Waals surface area contributed by atoms with Crippen molar-refractivity contribution in [1.82, 2.24) is 5.32 Å². The molecule has 9 nitrogen and oxygen atoms in total. The maximum atomic E-state index is 13.3. The first-order valence-corrected chi connectivity index (χ1v) is 15.5. The zero-order valence-corrected chi connectivity index (χ0v) is 28.7. The number of aliphatic imine (C=N–C) groups is 3. The van der Waals surface area contributed by atoms with Crippen LogP contribution in [0.1, 0.15) is 60.3 Å². The van der Waals surface area contributed by atoms with Gasteiger partial charge in [-0.15, -0.1) is 0 Å². The maximum Gasteiger partial charge on any atom is 2.00 e. The number of carboxylic acid groups (broad SMARTS) is 1. The molecule has 1 fully saturated rings. The normalized spacial score (nSPS) is 24.8. The number of esters is 1. The van der Waals surface area contributed by atoms with E-state index in [-0.39, 0.29) is 47.1 Å². The van der Waals surface area contributed by atoms with Gasteiger partial charge < -0.3 is 20.3 Å². The second kappa shape index (κ2) is 12.6. The summed E-state index contributed by atoms with van der Waals surface area (Å²) in [5.74, 6) is -3.14. The number of hydrogen-bond acceptors (Lipinski definition) is 8. The summed E-state index contributed by atoms with van der Waals surface area (Å²) in [6.07, 6.45) is 9.64. The molecule has 3 N–H and O–H groups in total. The van der Waals surface area contributed by atoms with Gasteiger partial charge in [-0.05, 0) is 73.6 Å². The van der Waals surface area contributed by atoms with Crippen LogP contribution in [0.4, 0.5) is 0 Å². The summed E-state index contributed by atoms with van der Waals surface area (Å²) >= 11 is 0. The van der Waals surface area contributed by atoms with Crippen LogP contribution in [0.2, 0.25) is 0 Å². The van der Waals surface area contributed by atoms with E-state index in [2.05, 4.69) is 25.7 Å². The molecule has 0 aromatic rings. The number of nitrogens with one attached hydrogen (secondary N) is 1. The van der Waals surface area contributed by atoms with E-state index in [1.165, 1.54) is 7.11 Å². The molecule has 1 saturated heterocycles. The maximum absolute atomic E-state index is 13.3. The molecule has 0 aromatic heterocycles. The number of fused-ring (bicyclic) bond motifs is 5. The van der Waals surface area contributed by atoms with Gasteiger partial charge in [-0.1, -0.05) is 33.4 Å². The van der Waals surface area contributed by atoms with Crippen LogP contribution in [0.15, 0.2) is 119 Å². The molecule has 46 heavy (non-hydrogen) atoms. The zero-order valence-electron chi connectivity index (χ0n) is 27.2. The number of allylic oxidation sites excluding steroid dienone is 11. The number of hydrogen-bond donors (Lipinski definition) is 3. The van der Waals surface area contributed by atoms with E-state index in [9.17, 15) is 19.8 Å². The van der Waals surface area contributed by atoms with E-state index >= 15 is 0 Å². The zero-order chi connectivity index (χ0) is 32.3. The topological polar surface area (TPSA) is 133 Å². The van der Waals surface area contributed by atoms with Crippen LogP contribution in [-0.2, 0) is 14.3 Å². The fourth-order valence-electron chi connectivity index (χ4n) is 7.32. The number of carboxylic acids is 1. The molecular weight excluding hydrogens is 593 g/mol. The van der Waals surface area contributed by atoms with Gasteiger partial charge in [0.25, 0.3) is 0 Å². The Morgan fingerprint density at radius 2 is 1.72 bits per heavy atom. The Kier molecular flexibility index (Phi) is 9.16. The van der Waals surface area contributed by atoms with Gasteiger partial charge in [0.05, 0.1) is 41.3 Å². The first-order valence-electron chi connectivity index (χ1n) is 15.5. The predicted molar refractivity (Wildman–Crippen MR) is 180 cm³/mol. The van der Waals surface area contributed by atoms with Gasteiger partial charge in [-0.25, -0.2) is 15.0 Å². The van der Waals surface area contributed by atoms with Crippen molar-refractivity contribution < 1.29 is 24.5 Å². The van der Waals surface area contributed by atoms with Gasteiger partial charge >= 0.3 is 35.0 Å². The molecule has 0 radical (unpaired) electrons. The number of aliphatic hydroxyl groups is 1. The standard InChI is InChI=1S/C36H38N4O5.Mg/c1-8-19-16(4)23-13-24-17(5)22(11-12-29(41)42)33(39-24)31-32(36(44)45-7)35(43)30-18(6)25(40-34(30)31)14-27-20(9-2)21(10-3)28(38-27)15-26(19)37-23;/h8,13-15,17,22,32,39,43H,1,9-12H2,2-7H3,(H,41,42);/q;+2. The van der Waals surface area contributed by atoms with Gasteiger partial charge in [0.1, 0.15) is 11.7 Å². The monoisotopic (exact) mass is 630 g/mol. The molecule has 3 unspecified atom stereocenters. The van der Waals surface area contributed by atoms with Crippen molar-refractivity contribution in [1.29, 1.82) is 0 Å². The summed E-state index contributed by atoms with van der Waals surface area (Å²) in [7, 11) is 1.29. The Hall–Kier alpha value is -4.02. The van der Waals surface area contributed by atoms with E-state index in [4.69, 9.17) is 19.7 Å². The van der Waals surface area contributed by atoms with Gasteiger partial charge in [-0.3, -0.25) is 9.59 Å². The predicted octanol–water partition coefficient (Wildman–Crippen LogP) is 6.12. The van der Waals surface area contributed by atoms with Crippen molar-refractivity contribution in [2.75, 3.05) is 7.11 Å². The Labute approximate surface area is 285 Å². The summed E-state index contributed by atoms with van der Waals surface area (Å²) in [4.78, 5) is 40.2. The molecule has 232 valence electrons. The smallest absolute Gasteiger partial charge is 0.510 e. The molecule has 3 atom stereocenters. The first kappa shape index (κ1) is 33.3. The van der Waals surface area contributed by atoms with Crippen molar-refractivity contribution in [3.05, 3.63) is 104 Å². The summed E-state index contributed by atoms with van der Waals surface area (Å²) in [5, 5.41) is 24.8. The molecular formula is C36H38MgN4O5+2. The van der Waals surface area contributed by atoms with E-state index < -0.39 is 17.9 Å². The third-order valence-electron chi connectivity index (χ3n) is 9.72. The fourth-order valence-corrected chi connectivity index (χ4v) is 7.32. The molecule has 1 aliphatic carbocycles. The van der Waals surface area contributed by atoms with Gasteiger partial charge in [0.15, 0.2) is 0 Å². The van der Waals surface area contributed by atoms with Crippen molar-refractivity contribution in [2.45, 2.75) is 60.3 Å². The van der Waals surface area contributed by atoms with Gasteiger partial charge in [-0.2, -0.15) is 0 Å². The Bertz CT molecular complexity index is 1840. The minimum atomic E-state index is -1.09. The number of carbonyl (C=O) groups excluding carboxylic acids is 1. The Balaban J connectivity index is 0.00000417. The second-order valence-corrected chi connectivity index (χ2v) is 12.0. The molecule has 5 aliphatic heterocycles. The van der Waals surface area contributed by atoms with E-state index in [0.717, 1.165) is 69.2 Å². The average Bonchev–Trinajstić information content (AvgIpc) is 3.76. The van der Waals surface area contributed by atoms with Crippen LogP contribution in [0.5, 0.6) is 0 Å². The third-order valence-corrected chi connectivity index (χ3v) is 9.72. The molecule has 0 amide bonds. The first-order chi connectivity index (χ1) is 21.5. The summed E-state index contributed by atoms with van der Waals surface area (Å²) in [6, 6.07) is 0. The van der Waals surface area contributed by atoms with Crippen molar-refractivity contribution in [3.8, 4) is 0 Å². The van der Waals surface area contributed by atoms with Gasteiger partial charge in [0, 0.05) is 46.4 Å². The van der Waals surface area contributed by atoms with Crippen LogP contribution in [0.25, 0.3) is 0 Å². The number of nitrogens with zero attached hydrogens (tertiary/aromatic N) is 3. The van der Waals surface area contributed by atoms with Crippen LogP contribution >= 0.6 is 0 Å². The Morgan fingerprint density at radius 1 is 1.02 bits per heavy atom. The van der Waals surface area contributed by atoms with E-state index in [1.807, 2.05) is 45.1 Å². The van der Waals surface area contributed by atoms with Crippen LogP contribution in [-0.4, -0.2) is 69.4 Å². The molecule has 5 heterocycles. The van der Waals surface area contributed by atoms with Crippen molar-refractivity contribution >= 4 is 52.1 Å². The minimum Gasteiger partial charge on any atom is -0.510 e. The number of ether oxygens (including phenoxy) is 1. The molecule has 10 heteroatoms. The molecule has 8 bridgehead atoms. The second-order valence-electron chi connectivity index (χ2n) is 12.0. The number of aliphatic hydroxyl groups excluding tert-OH is 1. The fraction of sp³-hybridized carbons (Fsp3) is 0.361. The SMILES string of the molecule is C=CC1=C(C)C2=NC1=CC1=NC(=CC3=C(C)C4=C(O)C(C(=O)OC)C(=C5NC(=C2)C(C)C5CCC(=O)O)C4=N3)C(CC)=C1CC.[Mg+2]. The van der Waals surface area contributed by atoms with E-state index in [1.54, 1.807) is 0 Å². The quantitative estimate of drug-likeness (QED) is 0.229. The van der Waals surface area contributed by atoms with Crippen LogP contribution < -0.4 is 5.32 Å². The summed E-state index contributed by atoms with van der Waals surface area (Å²) < 4.78 is 5.18. The molecule has 0 aromatic carbocycles. The molecule has 0 saturated carbocycles. The van der Waals surface area contributed by atoms with Crippen molar-refractivity contribution in [2.24, 2.45) is 32.7 Å². The summed E-state index contributed by atoms with van der Waals surface area (Å²) in [6.45, 7) is 14.2. The molecule has 6 rings (SSSR count). The number of carbonyl (C=O) groups is 2. The van der Waals surface area contributed by atoms with Crippen LogP contribution in [0, 0.1) is 17.8 Å². The van der Waals surface area contributed by atoms with Crippen LogP contribution in [0.3, 0.4) is 0 Å². The molecule has 0 spiro atoms. The average molecular weight is 631 g/mol. The summed E-state index contributed by atoms with van der Waals surface area (Å²) in [5.41, 5.74) is 11.8. The van der Waals surface area contributed by atoms with Crippen molar-refractivity contribution in [3.63, 3.8) is 0 Å². The molecule has 6 aliphatic rings. The number of rotatable bonds is 7. The Morgan fingerprint density at radius 3 is 2.35 bits per heavy atom. The number of methoxy groups -OCH3 is 1. The minimum absolute atomic E-state index is 0. The van der Waals surface area contributed by atoms with E-state index in [0.29, 0.717) is 34.7 Å². The number of aliphatic carboxylic acids is 1. The largest absolute Gasteiger partial charge is 2.00 e. The van der Waals surface area contributed by atoms with Gasteiger partial charge in [0.2, 0.25) is 0 Å².